The van der Waals surface area contributed by atoms with Crippen molar-refractivity contribution in [3.63, 3.8) is 0 Å². The Bertz CT molecular complexity index is 1300. The molecule has 0 radical (unpaired) electrons. The summed E-state index contributed by atoms with van der Waals surface area (Å²) in [7, 11) is -3.83. The summed E-state index contributed by atoms with van der Waals surface area (Å²) in [6, 6.07) is 21.7. The SMILES string of the molecule is CC(C)CNC(=O)c1cc(NS(=O)(=O)c2ccc(Cl)cc2)ccc1N1CCC(Cc2ccccc2)CC1. The molecule has 0 spiro atoms. The van der Waals surface area contributed by atoms with Gasteiger partial charge in [-0.05, 0) is 79.1 Å². The first-order chi connectivity index (χ1) is 17.7. The van der Waals surface area contributed by atoms with Gasteiger partial charge in [0.1, 0.15) is 0 Å². The Labute approximate surface area is 225 Å². The van der Waals surface area contributed by atoms with E-state index in [0.717, 1.165) is 38.0 Å². The summed E-state index contributed by atoms with van der Waals surface area (Å²) in [6.45, 7) is 6.30. The maximum Gasteiger partial charge on any atom is 0.261 e. The van der Waals surface area contributed by atoms with Crippen molar-refractivity contribution in [2.75, 3.05) is 29.3 Å². The van der Waals surface area contributed by atoms with E-state index in [1.807, 2.05) is 26.0 Å². The number of piperidine rings is 1. The van der Waals surface area contributed by atoms with Gasteiger partial charge in [0, 0.05) is 36.0 Å². The van der Waals surface area contributed by atoms with Crippen molar-refractivity contribution in [3.8, 4) is 0 Å². The molecular formula is C29H34ClN3O3S. The van der Waals surface area contributed by atoms with Crippen LogP contribution >= 0.6 is 11.6 Å². The van der Waals surface area contributed by atoms with Gasteiger partial charge in [0.15, 0.2) is 0 Å². The average molecular weight is 540 g/mol. The largest absolute Gasteiger partial charge is 0.371 e. The number of sulfonamides is 1. The van der Waals surface area contributed by atoms with E-state index in [4.69, 9.17) is 11.6 Å². The van der Waals surface area contributed by atoms with Gasteiger partial charge in [-0.15, -0.1) is 0 Å². The molecule has 1 fully saturated rings. The van der Waals surface area contributed by atoms with E-state index in [0.29, 0.717) is 34.7 Å². The minimum Gasteiger partial charge on any atom is -0.371 e. The number of anilines is 2. The fourth-order valence-corrected chi connectivity index (χ4v) is 5.78. The molecule has 1 heterocycles. The van der Waals surface area contributed by atoms with Crippen molar-refractivity contribution in [3.05, 3.63) is 88.9 Å². The second-order valence-electron chi connectivity index (χ2n) is 10.0. The van der Waals surface area contributed by atoms with Gasteiger partial charge in [0.05, 0.1) is 10.5 Å². The van der Waals surface area contributed by atoms with Crippen molar-refractivity contribution in [2.24, 2.45) is 11.8 Å². The smallest absolute Gasteiger partial charge is 0.261 e. The second kappa shape index (κ2) is 12.0. The normalized spacial score (nSPS) is 14.5. The van der Waals surface area contributed by atoms with Crippen molar-refractivity contribution >= 4 is 38.9 Å². The van der Waals surface area contributed by atoms with Crippen molar-refractivity contribution in [2.45, 2.75) is 38.0 Å². The molecule has 3 aromatic rings. The molecule has 0 aromatic heterocycles. The molecule has 4 rings (SSSR count). The topological polar surface area (TPSA) is 78.5 Å². The highest BCUT2D eigenvalue weighted by molar-refractivity contribution is 7.92. The van der Waals surface area contributed by atoms with Gasteiger partial charge in [-0.1, -0.05) is 55.8 Å². The summed E-state index contributed by atoms with van der Waals surface area (Å²) in [5.74, 6) is 0.692. The minimum atomic E-state index is -3.83. The monoisotopic (exact) mass is 539 g/mol. The number of nitrogens with one attached hydrogen (secondary N) is 2. The highest BCUT2D eigenvalue weighted by Gasteiger charge is 2.24. The van der Waals surface area contributed by atoms with E-state index in [9.17, 15) is 13.2 Å². The predicted molar refractivity (Wildman–Crippen MR) is 151 cm³/mol. The molecule has 8 heteroatoms. The van der Waals surface area contributed by atoms with Gasteiger partial charge >= 0.3 is 0 Å². The zero-order valence-electron chi connectivity index (χ0n) is 21.3. The van der Waals surface area contributed by atoms with Gasteiger partial charge < -0.3 is 10.2 Å². The fraction of sp³-hybridized carbons (Fsp3) is 0.345. The van der Waals surface area contributed by atoms with Crippen LogP contribution in [0.25, 0.3) is 0 Å². The third-order valence-electron chi connectivity index (χ3n) is 6.61. The number of hydrogen-bond acceptors (Lipinski definition) is 4. The molecule has 1 amide bonds. The van der Waals surface area contributed by atoms with Crippen LogP contribution in [0.4, 0.5) is 11.4 Å². The van der Waals surface area contributed by atoms with E-state index in [-0.39, 0.29) is 10.8 Å². The maximum absolute atomic E-state index is 13.2. The fourth-order valence-electron chi connectivity index (χ4n) is 4.60. The lowest BCUT2D eigenvalue weighted by molar-refractivity contribution is 0.0949. The minimum absolute atomic E-state index is 0.104. The molecule has 0 atom stereocenters. The van der Waals surface area contributed by atoms with Crippen LogP contribution in [0.1, 0.15) is 42.6 Å². The predicted octanol–water partition coefficient (Wildman–Crippen LogP) is 5.99. The van der Waals surface area contributed by atoms with Gasteiger partial charge in [0.2, 0.25) is 0 Å². The van der Waals surface area contributed by atoms with Gasteiger partial charge in [-0.2, -0.15) is 0 Å². The molecule has 0 aliphatic carbocycles. The van der Waals surface area contributed by atoms with Crippen molar-refractivity contribution in [1.82, 2.24) is 5.32 Å². The lowest BCUT2D eigenvalue weighted by Gasteiger charge is -2.35. The molecular weight excluding hydrogens is 506 g/mol. The van der Waals surface area contributed by atoms with Crippen LogP contribution in [-0.2, 0) is 16.4 Å². The summed E-state index contributed by atoms with van der Waals surface area (Å²) >= 11 is 5.91. The van der Waals surface area contributed by atoms with Crippen LogP contribution in [0, 0.1) is 11.8 Å². The van der Waals surface area contributed by atoms with Crippen LogP contribution in [0.15, 0.2) is 77.7 Å². The number of nitrogens with zero attached hydrogens (tertiary/aromatic N) is 1. The molecule has 6 nitrogen and oxygen atoms in total. The van der Waals surface area contributed by atoms with Crippen LogP contribution in [0.5, 0.6) is 0 Å². The number of rotatable bonds is 9. The maximum atomic E-state index is 13.2. The standard InChI is InChI=1S/C29H34ClN3O3S/c1-21(2)20-31-29(34)27-19-25(32-37(35,36)26-11-8-24(30)9-12-26)10-13-28(27)33-16-14-23(15-17-33)18-22-6-4-3-5-7-22/h3-13,19,21,23,32H,14-18,20H2,1-2H3,(H,31,34). The lowest BCUT2D eigenvalue weighted by atomic mass is 9.89. The third-order valence-corrected chi connectivity index (χ3v) is 8.26. The summed E-state index contributed by atoms with van der Waals surface area (Å²) < 4.78 is 28.4. The Hall–Kier alpha value is -3.03. The lowest BCUT2D eigenvalue weighted by Crippen LogP contribution is -2.36. The highest BCUT2D eigenvalue weighted by Crippen LogP contribution is 2.31. The molecule has 2 N–H and O–H groups in total. The quantitative estimate of drug-likeness (QED) is 0.350. The Morgan fingerprint density at radius 2 is 1.68 bits per heavy atom. The van der Waals surface area contributed by atoms with E-state index >= 15 is 0 Å². The van der Waals surface area contributed by atoms with Crippen LogP contribution in [-0.4, -0.2) is 34.0 Å². The zero-order chi connectivity index (χ0) is 26.4. The molecule has 1 aliphatic rings. The van der Waals surface area contributed by atoms with Gasteiger partial charge in [-0.3, -0.25) is 9.52 Å². The number of hydrogen-bond donors (Lipinski definition) is 2. The molecule has 1 aliphatic heterocycles. The number of amides is 1. The number of carbonyl (C=O) groups is 1. The summed E-state index contributed by atoms with van der Waals surface area (Å²) in [4.78, 5) is 15.6. The van der Waals surface area contributed by atoms with Crippen LogP contribution in [0.3, 0.4) is 0 Å². The van der Waals surface area contributed by atoms with Crippen molar-refractivity contribution < 1.29 is 13.2 Å². The zero-order valence-corrected chi connectivity index (χ0v) is 22.9. The summed E-state index contributed by atoms with van der Waals surface area (Å²) in [5.41, 5.74) is 2.99. The van der Waals surface area contributed by atoms with E-state index in [1.54, 1.807) is 12.1 Å². The van der Waals surface area contributed by atoms with E-state index in [1.165, 1.54) is 29.8 Å². The third kappa shape index (κ3) is 7.27. The summed E-state index contributed by atoms with van der Waals surface area (Å²) in [5, 5.41) is 3.45. The average Bonchev–Trinajstić information content (AvgIpc) is 2.88. The molecule has 37 heavy (non-hydrogen) atoms. The van der Waals surface area contributed by atoms with Crippen LogP contribution < -0.4 is 14.9 Å². The molecule has 3 aromatic carbocycles. The van der Waals surface area contributed by atoms with E-state index < -0.39 is 10.0 Å². The Morgan fingerprint density at radius 3 is 2.32 bits per heavy atom. The molecule has 196 valence electrons. The highest BCUT2D eigenvalue weighted by atomic mass is 35.5. The van der Waals surface area contributed by atoms with E-state index in [2.05, 4.69) is 39.2 Å². The molecule has 1 saturated heterocycles. The van der Waals surface area contributed by atoms with Crippen LogP contribution in [0.2, 0.25) is 5.02 Å². The first kappa shape index (κ1) is 27.0. The Morgan fingerprint density at radius 1 is 1.00 bits per heavy atom. The molecule has 0 saturated carbocycles. The number of halogens is 1. The van der Waals surface area contributed by atoms with Gasteiger partial charge in [-0.25, -0.2) is 8.42 Å². The molecule has 0 unspecified atom stereocenters. The Balaban J connectivity index is 1.53. The Kier molecular flexibility index (Phi) is 8.77. The summed E-state index contributed by atoms with van der Waals surface area (Å²) in [6.07, 6.45) is 3.13. The first-order valence-corrected chi connectivity index (χ1v) is 14.6. The first-order valence-electron chi connectivity index (χ1n) is 12.7. The molecule has 0 bridgehead atoms. The number of benzene rings is 3. The van der Waals surface area contributed by atoms with Gasteiger partial charge in [0.25, 0.3) is 15.9 Å². The van der Waals surface area contributed by atoms with Crippen molar-refractivity contribution in [1.29, 1.82) is 0 Å². The second-order valence-corrected chi connectivity index (χ2v) is 12.1. The number of carbonyl (C=O) groups excluding carboxylic acids is 1.